The maximum absolute atomic E-state index is 12.1. The number of anilines is 1. The third-order valence-corrected chi connectivity index (χ3v) is 6.16. The Balaban J connectivity index is 1.59. The molecular formula is C18H24N4O3S. The van der Waals surface area contributed by atoms with Crippen molar-refractivity contribution in [3.05, 3.63) is 17.8 Å². The fourth-order valence-electron chi connectivity index (χ4n) is 4.16. The lowest BCUT2D eigenvalue weighted by Crippen LogP contribution is -2.64. The van der Waals surface area contributed by atoms with Crippen LogP contribution in [0.5, 0.6) is 0 Å². The number of hydrogen-bond acceptors (Lipinski definition) is 7. The number of fused-ring (bicyclic) bond motifs is 1. The number of hydrogen-bond donors (Lipinski definition) is 1. The summed E-state index contributed by atoms with van der Waals surface area (Å²) < 4.78 is 11.3. The molecule has 4 rings (SSSR count). The van der Waals surface area contributed by atoms with Crippen LogP contribution in [-0.2, 0) is 14.3 Å². The van der Waals surface area contributed by atoms with Gasteiger partial charge in [0.1, 0.15) is 29.2 Å². The largest absolute Gasteiger partial charge is 0.375 e. The molecule has 2 atom stereocenters. The van der Waals surface area contributed by atoms with Crippen molar-refractivity contribution in [1.29, 1.82) is 0 Å². The zero-order valence-electron chi connectivity index (χ0n) is 14.9. The molecule has 2 aromatic rings. The molecule has 1 N–H and O–H groups in total. The zero-order valence-corrected chi connectivity index (χ0v) is 15.8. The Morgan fingerprint density at radius 3 is 3.31 bits per heavy atom. The summed E-state index contributed by atoms with van der Waals surface area (Å²) in [6.07, 6.45) is 5.72. The zero-order chi connectivity index (χ0) is 18.0. The van der Waals surface area contributed by atoms with Crippen LogP contribution < -0.4 is 10.2 Å². The number of carbonyl (C=O) groups is 1. The van der Waals surface area contributed by atoms with E-state index in [-0.39, 0.29) is 24.2 Å². The first-order valence-electron chi connectivity index (χ1n) is 9.07. The predicted octanol–water partition coefficient (Wildman–Crippen LogP) is 1.97. The number of rotatable bonds is 4. The lowest BCUT2D eigenvalue weighted by Gasteiger charge is -2.50. The van der Waals surface area contributed by atoms with Crippen molar-refractivity contribution >= 4 is 33.3 Å². The Labute approximate surface area is 156 Å². The van der Waals surface area contributed by atoms with E-state index in [4.69, 9.17) is 9.47 Å². The van der Waals surface area contributed by atoms with Crippen LogP contribution in [0.4, 0.5) is 5.82 Å². The number of aromatic nitrogens is 2. The van der Waals surface area contributed by atoms with E-state index in [1.54, 1.807) is 17.7 Å². The van der Waals surface area contributed by atoms with Gasteiger partial charge >= 0.3 is 0 Å². The van der Waals surface area contributed by atoms with Crippen LogP contribution in [0, 0.1) is 0 Å². The lowest BCUT2D eigenvalue weighted by atomic mass is 9.78. The minimum absolute atomic E-state index is 0.00139. The first kappa shape index (κ1) is 17.6. The lowest BCUT2D eigenvalue weighted by molar-refractivity contribution is -0.134. The van der Waals surface area contributed by atoms with Crippen LogP contribution in [0.2, 0.25) is 0 Å². The van der Waals surface area contributed by atoms with Crippen molar-refractivity contribution < 1.29 is 14.3 Å². The standard InChI is InChI=1S/C18H24N4O3S/c1-24-10-15(23)21-14-4-2-3-6-18(14)11-22(7-8-25-18)16-13-5-9-26-17(13)20-12-19-16/h5,9,12,14H,2-4,6-8,10-11H2,1H3,(H,21,23). The molecule has 1 saturated carbocycles. The number of ether oxygens (including phenoxy) is 2. The molecule has 3 heterocycles. The molecule has 1 amide bonds. The fourth-order valence-corrected chi connectivity index (χ4v) is 4.89. The topological polar surface area (TPSA) is 76.6 Å². The highest BCUT2D eigenvalue weighted by atomic mass is 32.1. The minimum Gasteiger partial charge on any atom is -0.375 e. The monoisotopic (exact) mass is 376 g/mol. The van der Waals surface area contributed by atoms with Gasteiger partial charge < -0.3 is 19.7 Å². The summed E-state index contributed by atoms with van der Waals surface area (Å²) in [6.45, 7) is 2.24. The van der Waals surface area contributed by atoms with Crippen LogP contribution >= 0.6 is 11.3 Å². The molecule has 2 fully saturated rings. The SMILES string of the molecule is COCC(=O)NC1CCCCC12CN(c1ncnc3sccc13)CCO2. The number of methoxy groups -OCH3 is 1. The molecule has 1 spiro atoms. The van der Waals surface area contributed by atoms with E-state index in [1.807, 2.05) is 5.38 Å². The van der Waals surface area contributed by atoms with Crippen molar-refractivity contribution in [1.82, 2.24) is 15.3 Å². The number of nitrogens with zero attached hydrogens (tertiary/aromatic N) is 3. The van der Waals surface area contributed by atoms with E-state index in [9.17, 15) is 4.79 Å². The molecule has 0 radical (unpaired) electrons. The van der Waals surface area contributed by atoms with Crippen LogP contribution in [0.3, 0.4) is 0 Å². The minimum atomic E-state index is -0.368. The average molecular weight is 376 g/mol. The summed E-state index contributed by atoms with van der Waals surface area (Å²) in [5.41, 5.74) is -0.368. The summed E-state index contributed by atoms with van der Waals surface area (Å²) in [6, 6.07) is 2.08. The predicted molar refractivity (Wildman–Crippen MR) is 101 cm³/mol. The molecule has 140 valence electrons. The second kappa shape index (κ2) is 7.46. The molecule has 1 aliphatic carbocycles. The number of thiophene rings is 1. The van der Waals surface area contributed by atoms with E-state index in [1.165, 1.54) is 7.11 Å². The van der Waals surface area contributed by atoms with Gasteiger partial charge in [0.2, 0.25) is 5.91 Å². The van der Waals surface area contributed by atoms with Gasteiger partial charge in [-0.3, -0.25) is 4.79 Å². The van der Waals surface area contributed by atoms with E-state index in [0.717, 1.165) is 54.8 Å². The molecule has 2 aromatic heterocycles. The highest BCUT2D eigenvalue weighted by Gasteiger charge is 2.46. The van der Waals surface area contributed by atoms with Crippen molar-refractivity contribution in [3.63, 3.8) is 0 Å². The highest BCUT2D eigenvalue weighted by Crippen LogP contribution is 2.37. The number of nitrogens with one attached hydrogen (secondary N) is 1. The van der Waals surface area contributed by atoms with Crippen LogP contribution in [0.25, 0.3) is 10.2 Å². The van der Waals surface area contributed by atoms with Crippen molar-refractivity contribution in [2.24, 2.45) is 0 Å². The molecule has 2 aliphatic rings. The Morgan fingerprint density at radius 1 is 1.50 bits per heavy atom. The van der Waals surface area contributed by atoms with Gasteiger partial charge in [-0.15, -0.1) is 11.3 Å². The van der Waals surface area contributed by atoms with Gasteiger partial charge in [-0.2, -0.15) is 0 Å². The Kier molecular flexibility index (Phi) is 5.06. The fraction of sp³-hybridized carbons (Fsp3) is 0.611. The van der Waals surface area contributed by atoms with E-state index < -0.39 is 0 Å². The summed E-state index contributed by atoms with van der Waals surface area (Å²) >= 11 is 1.63. The van der Waals surface area contributed by atoms with Gasteiger partial charge in [-0.05, 0) is 24.3 Å². The smallest absolute Gasteiger partial charge is 0.246 e. The highest BCUT2D eigenvalue weighted by molar-refractivity contribution is 7.16. The molecule has 0 bridgehead atoms. The molecule has 1 aliphatic heterocycles. The molecule has 1 saturated heterocycles. The Bertz CT molecular complexity index is 779. The third kappa shape index (κ3) is 3.28. The molecule has 8 heteroatoms. The quantitative estimate of drug-likeness (QED) is 0.879. The Morgan fingerprint density at radius 2 is 2.42 bits per heavy atom. The van der Waals surface area contributed by atoms with E-state index >= 15 is 0 Å². The molecular weight excluding hydrogens is 352 g/mol. The molecule has 0 aromatic carbocycles. The second-order valence-corrected chi connectivity index (χ2v) is 7.86. The molecule has 26 heavy (non-hydrogen) atoms. The molecule has 2 unspecified atom stereocenters. The first-order valence-corrected chi connectivity index (χ1v) is 9.95. The first-order chi connectivity index (χ1) is 12.7. The maximum atomic E-state index is 12.1. The second-order valence-electron chi connectivity index (χ2n) is 6.97. The van der Waals surface area contributed by atoms with Gasteiger partial charge in [-0.25, -0.2) is 9.97 Å². The molecule has 7 nitrogen and oxygen atoms in total. The van der Waals surface area contributed by atoms with Gasteiger partial charge in [0, 0.05) is 13.7 Å². The number of morpholine rings is 1. The van der Waals surface area contributed by atoms with Crippen LogP contribution in [-0.4, -0.2) is 60.9 Å². The van der Waals surface area contributed by atoms with E-state index in [2.05, 4.69) is 26.3 Å². The van der Waals surface area contributed by atoms with Gasteiger partial charge in [0.05, 0.1) is 24.6 Å². The third-order valence-electron chi connectivity index (χ3n) is 5.34. The van der Waals surface area contributed by atoms with Crippen molar-refractivity contribution in [3.8, 4) is 0 Å². The van der Waals surface area contributed by atoms with E-state index in [0.29, 0.717) is 6.61 Å². The average Bonchev–Trinajstić information content (AvgIpc) is 3.13. The van der Waals surface area contributed by atoms with Gasteiger partial charge in [0.25, 0.3) is 0 Å². The van der Waals surface area contributed by atoms with Gasteiger partial charge in [-0.1, -0.05) is 12.8 Å². The van der Waals surface area contributed by atoms with Crippen LogP contribution in [0.15, 0.2) is 17.8 Å². The van der Waals surface area contributed by atoms with Crippen molar-refractivity contribution in [2.75, 3.05) is 38.3 Å². The Hall–Kier alpha value is -1.77. The summed E-state index contributed by atoms with van der Waals surface area (Å²) in [5.74, 6) is 0.883. The number of amides is 1. The maximum Gasteiger partial charge on any atom is 0.246 e. The normalized spacial score (nSPS) is 26.3. The van der Waals surface area contributed by atoms with Crippen molar-refractivity contribution in [2.45, 2.75) is 37.3 Å². The summed E-state index contributed by atoms with van der Waals surface area (Å²) in [5, 5.41) is 6.28. The summed E-state index contributed by atoms with van der Waals surface area (Å²) in [7, 11) is 1.54. The van der Waals surface area contributed by atoms with Crippen LogP contribution in [0.1, 0.15) is 25.7 Å². The summed E-state index contributed by atoms with van der Waals surface area (Å²) in [4.78, 5) is 24.3. The number of carbonyl (C=O) groups excluding carboxylic acids is 1. The van der Waals surface area contributed by atoms with Gasteiger partial charge in [0.15, 0.2) is 0 Å².